The summed E-state index contributed by atoms with van der Waals surface area (Å²) in [5.41, 5.74) is 7.11. The first-order valence-electron chi connectivity index (χ1n) is 7.07. The monoisotopic (exact) mass is 247 g/mol. The zero-order valence-corrected chi connectivity index (χ0v) is 11.5. The number of likely N-dealkylation sites (N-methyl/N-ethyl adjacent to an activating group) is 1. The van der Waals surface area contributed by atoms with E-state index in [0.29, 0.717) is 11.9 Å². The Balaban J connectivity index is 1.99. The van der Waals surface area contributed by atoms with E-state index in [9.17, 15) is 0 Å². The first kappa shape index (κ1) is 13.3. The molecule has 1 aliphatic rings. The zero-order valence-electron chi connectivity index (χ0n) is 11.5. The van der Waals surface area contributed by atoms with E-state index in [4.69, 9.17) is 5.73 Å². The van der Waals surface area contributed by atoms with Gasteiger partial charge in [-0.3, -0.25) is 0 Å². The molecule has 1 heterocycles. The van der Waals surface area contributed by atoms with Crippen molar-refractivity contribution in [1.82, 2.24) is 10.3 Å². The van der Waals surface area contributed by atoms with E-state index in [2.05, 4.69) is 30.3 Å². The molecule has 3 heteroatoms. The van der Waals surface area contributed by atoms with Gasteiger partial charge in [0.25, 0.3) is 0 Å². The van der Waals surface area contributed by atoms with E-state index in [1.807, 2.05) is 6.07 Å². The maximum atomic E-state index is 5.94. The van der Waals surface area contributed by atoms with Crippen LogP contribution in [-0.2, 0) is 6.42 Å². The van der Waals surface area contributed by atoms with Crippen LogP contribution in [0.4, 0.5) is 5.82 Å². The summed E-state index contributed by atoms with van der Waals surface area (Å²) in [7, 11) is 2.06. The number of nitrogens with zero attached hydrogens (tertiary/aromatic N) is 1. The Labute approximate surface area is 110 Å². The number of anilines is 1. The minimum atomic E-state index is 0.531. The van der Waals surface area contributed by atoms with Gasteiger partial charge in [-0.1, -0.05) is 25.8 Å². The molecule has 3 nitrogen and oxygen atoms in total. The fourth-order valence-corrected chi connectivity index (χ4v) is 3.05. The molecule has 1 atom stereocenters. The maximum absolute atomic E-state index is 5.94. The molecular formula is C15H25N3. The standard InChI is InChI=1S/C15H25N3/c1-11-5-7-12(8-6-11)14(17-2)10-13-4-3-9-18-15(13)16/h3-4,9,11-12,14,17H,5-8,10H2,1-2H3,(H2,16,18). The first-order chi connectivity index (χ1) is 8.70. The van der Waals surface area contributed by atoms with Crippen LogP contribution in [0.1, 0.15) is 38.2 Å². The van der Waals surface area contributed by atoms with Crippen LogP contribution in [0.2, 0.25) is 0 Å². The van der Waals surface area contributed by atoms with Crippen molar-refractivity contribution in [3.8, 4) is 0 Å². The van der Waals surface area contributed by atoms with Crippen molar-refractivity contribution in [3.05, 3.63) is 23.9 Å². The summed E-state index contributed by atoms with van der Waals surface area (Å²) in [5, 5.41) is 3.48. The molecule has 1 unspecified atom stereocenters. The van der Waals surface area contributed by atoms with E-state index in [1.54, 1.807) is 6.20 Å². The number of nitrogen functional groups attached to an aromatic ring is 1. The molecule has 0 aromatic carbocycles. The SMILES string of the molecule is CNC(Cc1cccnc1N)C1CCC(C)CC1. The molecule has 0 amide bonds. The van der Waals surface area contributed by atoms with Gasteiger partial charge >= 0.3 is 0 Å². The van der Waals surface area contributed by atoms with E-state index in [1.165, 1.54) is 31.2 Å². The molecule has 1 fully saturated rings. The van der Waals surface area contributed by atoms with Crippen molar-refractivity contribution in [2.24, 2.45) is 11.8 Å². The lowest BCUT2D eigenvalue weighted by atomic mass is 9.78. The number of aromatic nitrogens is 1. The topological polar surface area (TPSA) is 50.9 Å². The number of hydrogen-bond donors (Lipinski definition) is 2. The van der Waals surface area contributed by atoms with Gasteiger partial charge < -0.3 is 11.1 Å². The van der Waals surface area contributed by atoms with Gasteiger partial charge in [0.15, 0.2) is 0 Å². The number of pyridine rings is 1. The largest absolute Gasteiger partial charge is 0.383 e. The van der Waals surface area contributed by atoms with E-state index < -0.39 is 0 Å². The fourth-order valence-electron chi connectivity index (χ4n) is 3.05. The van der Waals surface area contributed by atoms with Crippen LogP contribution in [0.15, 0.2) is 18.3 Å². The van der Waals surface area contributed by atoms with Crippen molar-refractivity contribution in [2.45, 2.75) is 45.1 Å². The summed E-state index contributed by atoms with van der Waals surface area (Å²) in [6.45, 7) is 2.36. The third kappa shape index (κ3) is 3.22. The Morgan fingerprint density at radius 3 is 2.72 bits per heavy atom. The number of nitrogens with two attached hydrogens (primary N) is 1. The van der Waals surface area contributed by atoms with Gasteiger partial charge in [-0.25, -0.2) is 4.98 Å². The van der Waals surface area contributed by atoms with Gasteiger partial charge in [0.05, 0.1) is 0 Å². The minimum Gasteiger partial charge on any atom is -0.383 e. The molecular weight excluding hydrogens is 222 g/mol. The third-order valence-corrected chi connectivity index (χ3v) is 4.37. The van der Waals surface area contributed by atoms with Crippen LogP contribution < -0.4 is 11.1 Å². The smallest absolute Gasteiger partial charge is 0.126 e. The highest BCUT2D eigenvalue weighted by Crippen LogP contribution is 2.31. The highest BCUT2D eigenvalue weighted by molar-refractivity contribution is 5.38. The van der Waals surface area contributed by atoms with Crippen LogP contribution in [0.3, 0.4) is 0 Å². The summed E-state index contributed by atoms with van der Waals surface area (Å²) in [5.74, 6) is 2.37. The lowest BCUT2D eigenvalue weighted by molar-refractivity contribution is 0.235. The molecule has 1 aromatic heterocycles. The molecule has 0 radical (unpaired) electrons. The number of hydrogen-bond acceptors (Lipinski definition) is 3. The van der Waals surface area contributed by atoms with Crippen LogP contribution in [0.5, 0.6) is 0 Å². The van der Waals surface area contributed by atoms with Gasteiger partial charge in [-0.05, 0) is 49.8 Å². The minimum absolute atomic E-state index is 0.531. The summed E-state index contributed by atoms with van der Waals surface area (Å²) < 4.78 is 0. The highest BCUT2D eigenvalue weighted by atomic mass is 14.9. The third-order valence-electron chi connectivity index (χ3n) is 4.37. The maximum Gasteiger partial charge on any atom is 0.126 e. The van der Waals surface area contributed by atoms with Gasteiger partial charge in [0.1, 0.15) is 5.82 Å². The molecule has 0 aliphatic heterocycles. The van der Waals surface area contributed by atoms with Crippen LogP contribution in [0, 0.1) is 11.8 Å². The van der Waals surface area contributed by atoms with Gasteiger partial charge in [-0.15, -0.1) is 0 Å². The van der Waals surface area contributed by atoms with Crippen LogP contribution in [-0.4, -0.2) is 18.1 Å². The molecule has 1 saturated carbocycles. The van der Waals surface area contributed by atoms with E-state index in [0.717, 1.165) is 18.3 Å². The normalized spacial score (nSPS) is 25.9. The van der Waals surface area contributed by atoms with E-state index in [-0.39, 0.29) is 0 Å². The van der Waals surface area contributed by atoms with Crippen molar-refractivity contribution >= 4 is 5.82 Å². The second kappa shape index (κ2) is 6.19. The predicted molar refractivity (Wildman–Crippen MR) is 76.3 cm³/mol. The summed E-state index contributed by atoms with van der Waals surface area (Å²) in [6, 6.07) is 4.60. The summed E-state index contributed by atoms with van der Waals surface area (Å²) in [6.07, 6.45) is 8.17. The van der Waals surface area contributed by atoms with Crippen LogP contribution >= 0.6 is 0 Å². The average molecular weight is 247 g/mol. The Morgan fingerprint density at radius 2 is 2.11 bits per heavy atom. The predicted octanol–water partition coefficient (Wildman–Crippen LogP) is 2.62. The lowest BCUT2D eigenvalue weighted by Crippen LogP contribution is -2.37. The molecule has 2 rings (SSSR count). The highest BCUT2D eigenvalue weighted by Gasteiger charge is 2.25. The molecule has 1 aliphatic carbocycles. The summed E-state index contributed by atoms with van der Waals surface area (Å²) >= 11 is 0. The Bertz CT molecular complexity index is 370. The van der Waals surface area contributed by atoms with Crippen molar-refractivity contribution in [1.29, 1.82) is 0 Å². The average Bonchev–Trinajstić information content (AvgIpc) is 2.39. The second-order valence-corrected chi connectivity index (χ2v) is 5.67. The molecule has 100 valence electrons. The van der Waals surface area contributed by atoms with Gasteiger partial charge in [0.2, 0.25) is 0 Å². The van der Waals surface area contributed by atoms with Crippen molar-refractivity contribution in [3.63, 3.8) is 0 Å². The Kier molecular flexibility index (Phi) is 4.59. The number of rotatable bonds is 4. The fraction of sp³-hybridized carbons (Fsp3) is 0.667. The molecule has 1 aromatic rings. The van der Waals surface area contributed by atoms with E-state index >= 15 is 0 Å². The molecule has 3 N–H and O–H groups in total. The second-order valence-electron chi connectivity index (χ2n) is 5.67. The number of nitrogens with one attached hydrogen (secondary N) is 1. The van der Waals surface area contributed by atoms with Gasteiger partial charge in [-0.2, -0.15) is 0 Å². The summed E-state index contributed by atoms with van der Waals surface area (Å²) in [4.78, 5) is 4.17. The zero-order chi connectivity index (χ0) is 13.0. The first-order valence-corrected chi connectivity index (χ1v) is 7.07. The molecule has 0 saturated heterocycles. The molecule has 18 heavy (non-hydrogen) atoms. The Hall–Kier alpha value is -1.09. The molecule has 0 bridgehead atoms. The Morgan fingerprint density at radius 1 is 1.39 bits per heavy atom. The quantitative estimate of drug-likeness (QED) is 0.860. The van der Waals surface area contributed by atoms with Crippen molar-refractivity contribution in [2.75, 3.05) is 12.8 Å². The van der Waals surface area contributed by atoms with Crippen LogP contribution in [0.25, 0.3) is 0 Å². The molecule has 0 spiro atoms. The van der Waals surface area contributed by atoms with Crippen molar-refractivity contribution < 1.29 is 0 Å². The lowest BCUT2D eigenvalue weighted by Gasteiger charge is -2.32. The van der Waals surface area contributed by atoms with Gasteiger partial charge in [0, 0.05) is 12.2 Å².